The monoisotopic (exact) mass is 644 g/mol. The summed E-state index contributed by atoms with van der Waals surface area (Å²) in [6.07, 6.45) is 14.4. The van der Waals surface area contributed by atoms with Crippen LogP contribution in [0, 0.1) is 45.1 Å². The van der Waals surface area contributed by atoms with Gasteiger partial charge >= 0.3 is 0 Å². The maximum atomic E-state index is 14.5. The van der Waals surface area contributed by atoms with E-state index in [9.17, 15) is 23.8 Å². The summed E-state index contributed by atoms with van der Waals surface area (Å²) >= 11 is 1.43. The summed E-state index contributed by atoms with van der Waals surface area (Å²) < 4.78 is 28.4. The second-order valence-electron chi connectivity index (χ2n) is 14.8. The Morgan fingerprint density at radius 3 is 2.52 bits per heavy atom. The Balaban J connectivity index is 1.17. The molecule has 0 amide bonds. The molecule has 2 aromatic heterocycles. The van der Waals surface area contributed by atoms with Gasteiger partial charge in [-0.2, -0.15) is 0 Å². The molecule has 2 bridgehead atoms. The van der Waals surface area contributed by atoms with Gasteiger partial charge in [-0.1, -0.05) is 43.8 Å². The van der Waals surface area contributed by atoms with E-state index >= 15 is 0 Å². The van der Waals surface area contributed by atoms with Crippen LogP contribution < -0.4 is 0 Å². The van der Waals surface area contributed by atoms with Gasteiger partial charge in [-0.25, -0.2) is 13.8 Å². The molecule has 8 unspecified atom stereocenters. The Morgan fingerprint density at radius 1 is 1.00 bits per heavy atom. The Labute approximate surface area is 271 Å². The van der Waals surface area contributed by atoms with Crippen LogP contribution in [0.25, 0.3) is 11.4 Å². The first-order valence-corrected chi connectivity index (χ1v) is 17.2. The molecule has 0 aliphatic heterocycles. The molecule has 7 nitrogen and oxygen atoms in total. The number of aromatic amines is 1. The average Bonchev–Trinajstić information content (AvgIpc) is 3.64. The molecule has 3 saturated carbocycles. The van der Waals surface area contributed by atoms with E-state index < -0.39 is 39.6 Å². The number of carbonyl (C=O) groups is 1. The molecule has 8 atom stereocenters. The van der Waals surface area contributed by atoms with E-state index in [1.165, 1.54) is 17.8 Å². The number of benzene rings is 1. The minimum absolute atomic E-state index is 0.0532. The lowest BCUT2D eigenvalue weighted by Crippen LogP contribution is -2.67. The zero-order valence-electron chi connectivity index (χ0n) is 26.0. The molecule has 240 valence electrons. The van der Waals surface area contributed by atoms with Crippen molar-refractivity contribution in [3.63, 3.8) is 0 Å². The summed E-state index contributed by atoms with van der Waals surface area (Å²) in [6, 6.07) is 7.11. The number of aliphatic hydroxyl groups excluding tert-OH is 1. The molecule has 6 aliphatic carbocycles. The van der Waals surface area contributed by atoms with Crippen molar-refractivity contribution < 1.29 is 23.8 Å². The number of aromatic nitrogens is 4. The Kier molecular flexibility index (Phi) is 6.65. The van der Waals surface area contributed by atoms with Crippen LogP contribution in [0.3, 0.4) is 0 Å². The Bertz CT molecular complexity index is 1800. The first-order chi connectivity index (χ1) is 21.9. The summed E-state index contributed by atoms with van der Waals surface area (Å²) in [6.45, 7) is 4.49. The number of allylic oxidation sites excluding steroid dienone is 4. The third kappa shape index (κ3) is 3.95. The third-order valence-electron chi connectivity index (χ3n) is 13.0. The van der Waals surface area contributed by atoms with Gasteiger partial charge in [-0.15, -0.1) is 5.10 Å². The fourth-order valence-electron chi connectivity index (χ4n) is 10.5. The topological polar surface area (TPSA) is 112 Å². The van der Waals surface area contributed by atoms with Gasteiger partial charge in [0.2, 0.25) is 5.16 Å². The fourth-order valence-corrected chi connectivity index (χ4v) is 11.6. The number of fused-ring (bicyclic) bond motifs is 1. The lowest BCUT2D eigenvalue weighted by atomic mass is 9.32. The lowest BCUT2D eigenvalue weighted by Gasteiger charge is -2.71. The standard InChI is InChI=1S/C36H38F2N4O3S/c1-32-10-5-23(43)18-34(32)13-14-36(24(19-34)29(44)22-3-4-25(37)26(38)17-22)27(32)6-11-33(2)28(36)7-12-35(33,45)20-46-31-40-30(41-42-31)21-8-15-39-16-9-21/h3-4,8-9,13-17,19,23,27-28,43,45H,5-7,10-12,18,20H2,1-2H3,(H,40,41,42). The van der Waals surface area contributed by atoms with Gasteiger partial charge in [0.25, 0.3) is 0 Å². The van der Waals surface area contributed by atoms with Crippen molar-refractivity contribution in [2.75, 3.05) is 5.75 Å². The summed E-state index contributed by atoms with van der Waals surface area (Å²) in [5.41, 5.74) is -1.32. The van der Waals surface area contributed by atoms with Crippen molar-refractivity contribution in [2.24, 2.45) is 33.5 Å². The fraction of sp³-hybridized carbons (Fsp3) is 0.500. The van der Waals surface area contributed by atoms with Crippen LogP contribution in [0.4, 0.5) is 8.78 Å². The van der Waals surface area contributed by atoms with Crippen molar-refractivity contribution in [1.29, 1.82) is 0 Å². The van der Waals surface area contributed by atoms with Crippen molar-refractivity contribution in [2.45, 2.75) is 75.7 Å². The number of ketones is 1. The average molecular weight is 645 g/mol. The zero-order chi connectivity index (χ0) is 32.1. The van der Waals surface area contributed by atoms with Crippen LogP contribution in [0.2, 0.25) is 0 Å². The van der Waals surface area contributed by atoms with E-state index in [1.807, 2.05) is 12.1 Å². The van der Waals surface area contributed by atoms with Crippen LogP contribution in [0.15, 0.2) is 71.7 Å². The molecule has 3 fully saturated rings. The number of thioether (sulfide) groups is 1. The number of H-pyrrole nitrogens is 1. The van der Waals surface area contributed by atoms with Gasteiger partial charge in [0.1, 0.15) is 0 Å². The zero-order valence-corrected chi connectivity index (χ0v) is 26.8. The van der Waals surface area contributed by atoms with Gasteiger partial charge in [-0.3, -0.25) is 14.9 Å². The smallest absolute Gasteiger partial charge is 0.208 e. The quantitative estimate of drug-likeness (QED) is 0.155. The number of Topliss-reactive ketones (excluding diaryl/α,β-unsaturated/α-hetero) is 1. The second-order valence-corrected chi connectivity index (χ2v) is 15.7. The normalized spacial score (nSPS) is 39.0. The van der Waals surface area contributed by atoms with Crippen molar-refractivity contribution >= 4 is 17.5 Å². The van der Waals surface area contributed by atoms with Crippen molar-refractivity contribution in [3.05, 3.63) is 83.7 Å². The number of aliphatic hydroxyl groups is 2. The van der Waals surface area contributed by atoms with E-state index in [1.54, 1.807) is 12.4 Å². The van der Waals surface area contributed by atoms with E-state index in [0.29, 0.717) is 41.6 Å². The highest BCUT2D eigenvalue weighted by molar-refractivity contribution is 7.99. The van der Waals surface area contributed by atoms with Gasteiger partial charge in [-0.05, 0) is 92.5 Å². The maximum Gasteiger partial charge on any atom is 0.208 e. The van der Waals surface area contributed by atoms with Crippen LogP contribution >= 0.6 is 11.8 Å². The highest BCUT2D eigenvalue weighted by atomic mass is 32.2. The Morgan fingerprint density at radius 2 is 1.74 bits per heavy atom. The Hall–Kier alpha value is -3.21. The van der Waals surface area contributed by atoms with Crippen LogP contribution in [-0.2, 0) is 0 Å². The summed E-state index contributed by atoms with van der Waals surface area (Å²) in [4.78, 5) is 23.2. The first kappa shape index (κ1) is 30.1. The molecule has 0 saturated heterocycles. The molecular weight excluding hydrogens is 606 g/mol. The number of pyridine rings is 1. The number of hydrogen-bond donors (Lipinski definition) is 3. The second kappa shape index (κ2) is 10.1. The molecule has 9 rings (SSSR count). The molecule has 2 spiro atoms. The van der Waals surface area contributed by atoms with Crippen molar-refractivity contribution in [1.82, 2.24) is 20.2 Å². The molecule has 3 N–H and O–H groups in total. The lowest BCUT2D eigenvalue weighted by molar-refractivity contribution is -0.166. The number of carbonyl (C=O) groups excluding carboxylic acids is 1. The van der Waals surface area contributed by atoms with Crippen molar-refractivity contribution in [3.8, 4) is 11.4 Å². The van der Waals surface area contributed by atoms with E-state index in [4.69, 9.17) is 0 Å². The molecule has 1 aromatic carbocycles. The van der Waals surface area contributed by atoms with E-state index in [-0.39, 0.29) is 28.6 Å². The van der Waals surface area contributed by atoms with Gasteiger partial charge in [0, 0.05) is 51.1 Å². The number of halogens is 2. The van der Waals surface area contributed by atoms with Crippen LogP contribution in [0.5, 0.6) is 0 Å². The van der Waals surface area contributed by atoms with Gasteiger partial charge in [0.15, 0.2) is 23.2 Å². The summed E-state index contributed by atoms with van der Waals surface area (Å²) in [5, 5.41) is 31.4. The highest BCUT2D eigenvalue weighted by Gasteiger charge is 2.74. The van der Waals surface area contributed by atoms with Crippen LogP contribution in [-0.4, -0.2) is 53.6 Å². The number of rotatable bonds is 6. The van der Waals surface area contributed by atoms with Gasteiger partial charge < -0.3 is 10.2 Å². The summed E-state index contributed by atoms with van der Waals surface area (Å²) in [7, 11) is 0. The number of hydrogen-bond acceptors (Lipinski definition) is 7. The first-order valence-electron chi connectivity index (χ1n) is 16.2. The highest BCUT2D eigenvalue weighted by Crippen LogP contribution is 2.78. The predicted molar refractivity (Wildman–Crippen MR) is 170 cm³/mol. The molecule has 2 heterocycles. The largest absolute Gasteiger partial charge is 0.393 e. The molecular formula is C36H38F2N4O3S. The van der Waals surface area contributed by atoms with E-state index in [2.05, 4.69) is 52.2 Å². The third-order valence-corrected chi connectivity index (χ3v) is 14.1. The number of nitrogens with zero attached hydrogens (tertiary/aromatic N) is 3. The number of nitrogens with one attached hydrogen (secondary N) is 1. The predicted octanol–water partition coefficient (Wildman–Crippen LogP) is 6.71. The molecule has 6 aliphatic rings. The summed E-state index contributed by atoms with van der Waals surface area (Å²) in [5.74, 6) is -1.24. The molecule has 3 aromatic rings. The molecule has 10 heteroatoms. The SMILES string of the molecule is CC12CCC(O)CC13C=CC1(C(C(=O)c4ccc(F)c(F)c4)=C3)C2CCC2(C)C1CCC2(O)CSc1n[nH]c(-c2ccncc2)n1. The minimum Gasteiger partial charge on any atom is -0.393 e. The van der Waals surface area contributed by atoms with Gasteiger partial charge in [0.05, 0.1) is 11.7 Å². The van der Waals surface area contributed by atoms with Crippen LogP contribution in [0.1, 0.15) is 69.2 Å². The minimum atomic E-state index is -1.05. The molecule has 46 heavy (non-hydrogen) atoms. The van der Waals surface area contributed by atoms with E-state index in [0.717, 1.165) is 43.4 Å². The molecule has 0 radical (unpaired) electrons. The maximum absolute atomic E-state index is 14.5.